The standard InChI is InChI=1S/C32H33N5O6S/c1-44(41,42)36-17-15-35(16-18-36)28-19-29(37(21-28)31(39)25-9-7-23(20-33)8-10-25)30(38)34-27-13-11-26(12-14-27)32(40)43-22-24-5-3-2-4-6-24/h2-14,28-29H,15-19,21-22H2,1H3,(H,34,38)/t28-,29-/m0/s1. The quantitative estimate of drug-likeness (QED) is 0.382. The van der Waals surface area contributed by atoms with Gasteiger partial charge in [-0.1, -0.05) is 30.3 Å². The van der Waals surface area contributed by atoms with Gasteiger partial charge in [0, 0.05) is 50.0 Å². The minimum Gasteiger partial charge on any atom is -0.457 e. The van der Waals surface area contributed by atoms with Crippen LogP contribution >= 0.6 is 0 Å². The van der Waals surface area contributed by atoms with Crippen molar-refractivity contribution in [3.05, 3.63) is 101 Å². The minimum absolute atomic E-state index is 0.142. The van der Waals surface area contributed by atoms with Crippen LogP contribution in [0.3, 0.4) is 0 Å². The van der Waals surface area contributed by atoms with E-state index in [9.17, 15) is 22.8 Å². The third kappa shape index (κ3) is 7.31. The largest absolute Gasteiger partial charge is 0.457 e. The van der Waals surface area contributed by atoms with Gasteiger partial charge in [-0.05, 0) is 60.5 Å². The summed E-state index contributed by atoms with van der Waals surface area (Å²) >= 11 is 0. The van der Waals surface area contributed by atoms with E-state index in [2.05, 4.69) is 10.2 Å². The number of carbonyl (C=O) groups excluding carboxylic acids is 3. The Hall–Kier alpha value is -4.57. The maximum Gasteiger partial charge on any atom is 0.338 e. The van der Waals surface area contributed by atoms with Crippen molar-refractivity contribution in [2.45, 2.75) is 25.1 Å². The Bertz CT molecular complexity index is 1650. The number of piperazine rings is 1. The van der Waals surface area contributed by atoms with E-state index in [1.54, 1.807) is 53.4 Å². The molecule has 0 bridgehead atoms. The Morgan fingerprint density at radius 2 is 1.55 bits per heavy atom. The molecule has 44 heavy (non-hydrogen) atoms. The maximum absolute atomic E-state index is 13.6. The van der Waals surface area contributed by atoms with Gasteiger partial charge >= 0.3 is 5.97 Å². The highest BCUT2D eigenvalue weighted by molar-refractivity contribution is 7.88. The van der Waals surface area contributed by atoms with Gasteiger partial charge in [0.25, 0.3) is 5.91 Å². The number of esters is 1. The number of anilines is 1. The van der Waals surface area contributed by atoms with E-state index < -0.39 is 22.0 Å². The number of likely N-dealkylation sites (tertiary alicyclic amines) is 1. The van der Waals surface area contributed by atoms with E-state index in [0.717, 1.165) is 5.56 Å². The van der Waals surface area contributed by atoms with Crippen LogP contribution in [0.15, 0.2) is 78.9 Å². The van der Waals surface area contributed by atoms with Gasteiger partial charge in [-0.3, -0.25) is 14.5 Å². The van der Waals surface area contributed by atoms with E-state index in [1.165, 1.54) is 10.6 Å². The lowest BCUT2D eigenvalue weighted by Gasteiger charge is -2.36. The van der Waals surface area contributed by atoms with Crippen molar-refractivity contribution in [1.29, 1.82) is 5.26 Å². The molecule has 3 aromatic carbocycles. The number of sulfonamides is 1. The molecular weight excluding hydrogens is 582 g/mol. The first kappa shape index (κ1) is 30.9. The normalized spacial score (nSPS) is 19.2. The molecule has 0 saturated carbocycles. The molecule has 12 heteroatoms. The zero-order chi connectivity index (χ0) is 31.3. The SMILES string of the molecule is CS(=O)(=O)N1CCN([C@H]2C[C@@H](C(=O)Nc3ccc(C(=O)OCc4ccccc4)cc3)N(C(=O)c3ccc(C#N)cc3)C2)CC1. The number of ether oxygens (including phenoxy) is 1. The molecule has 2 saturated heterocycles. The van der Waals surface area contributed by atoms with Gasteiger partial charge in [0.2, 0.25) is 15.9 Å². The molecule has 2 atom stereocenters. The van der Waals surface area contributed by atoms with Gasteiger partial charge in [-0.15, -0.1) is 0 Å². The third-order valence-corrected chi connectivity index (χ3v) is 9.27. The first-order valence-corrected chi connectivity index (χ1v) is 16.1. The van der Waals surface area contributed by atoms with Crippen LogP contribution in [0.25, 0.3) is 0 Å². The van der Waals surface area contributed by atoms with Crippen LogP contribution < -0.4 is 5.32 Å². The Labute approximate surface area is 256 Å². The van der Waals surface area contributed by atoms with E-state index in [0.29, 0.717) is 61.5 Å². The van der Waals surface area contributed by atoms with Crippen LogP contribution in [0.2, 0.25) is 0 Å². The number of carbonyl (C=O) groups is 3. The highest BCUT2D eigenvalue weighted by Gasteiger charge is 2.43. The van der Waals surface area contributed by atoms with E-state index in [4.69, 9.17) is 10.00 Å². The van der Waals surface area contributed by atoms with Gasteiger partial charge in [-0.2, -0.15) is 9.57 Å². The molecule has 0 spiro atoms. The maximum atomic E-state index is 13.6. The first-order valence-electron chi connectivity index (χ1n) is 14.2. The van der Waals surface area contributed by atoms with Gasteiger partial charge in [0.15, 0.2) is 0 Å². The summed E-state index contributed by atoms with van der Waals surface area (Å²) in [6.45, 7) is 2.11. The molecule has 0 aromatic heterocycles. The molecule has 2 aliphatic rings. The summed E-state index contributed by atoms with van der Waals surface area (Å²) in [6, 6.07) is 23.1. The smallest absolute Gasteiger partial charge is 0.338 e. The van der Waals surface area contributed by atoms with Crippen molar-refractivity contribution in [2.24, 2.45) is 0 Å². The Morgan fingerprint density at radius 1 is 0.909 bits per heavy atom. The Kier molecular flexibility index (Phi) is 9.39. The lowest BCUT2D eigenvalue weighted by Crippen LogP contribution is -2.52. The molecule has 1 N–H and O–H groups in total. The summed E-state index contributed by atoms with van der Waals surface area (Å²) in [4.78, 5) is 43.4. The van der Waals surface area contributed by atoms with Crippen molar-refractivity contribution in [3.8, 4) is 6.07 Å². The Morgan fingerprint density at radius 3 is 2.16 bits per heavy atom. The van der Waals surface area contributed by atoms with E-state index in [1.807, 2.05) is 36.4 Å². The number of hydrogen-bond acceptors (Lipinski definition) is 8. The molecule has 228 valence electrons. The number of rotatable bonds is 8. The second-order valence-corrected chi connectivity index (χ2v) is 12.9. The Balaban J connectivity index is 1.27. The van der Waals surface area contributed by atoms with Crippen LogP contribution in [0, 0.1) is 11.3 Å². The molecule has 0 radical (unpaired) electrons. The molecule has 0 aliphatic carbocycles. The summed E-state index contributed by atoms with van der Waals surface area (Å²) in [5.41, 5.74) is 2.46. The number of hydrogen-bond donors (Lipinski definition) is 1. The lowest BCUT2D eigenvalue weighted by molar-refractivity contribution is -0.119. The van der Waals surface area contributed by atoms with E-state index >= 15 is 0 Å². The van der Waals surface area contributed by atoms with Crippen LogP contribution in [0.1, 0.15) is 38.3 Å². The van der Waals surface area contributed by atoms with Gasteiger partial charge in [0.05, 0.1) is 23.5 Å². The van der Waals surface area contributed by atoms with Crippen LogP contribution in [0.5, 0.6) is 0 Å². The summed E-state index contributed by atoms with van der Waals surface area (Å²) in [6.07, 6.45) is 1.56. The molecule has 2 heterocycles. The zero-order valence-electron chi connectivity index (χ0n) is 24.3. The first-order chi connectivity index (χ1) is 21.1. The predicted octanol–water partition coefficient (Wildman–Crippen LogP) is 2.71. The molecule has 2 aliphatic heterocycles. The van der Waals surface area contributed by atoms with Crippen molar-refractivity contribution < 1.29 is 27.5 Å². The fraction of sp³-hybridized carbons (Fsp3) is 0.312. The van der Waals surface area contributed by atoms with Crippen LogP contribution in [-0.2, 0) is 26.2 Å². The molecular formula is C32H33N5O6S. The monoisotopic (exact) mass is 615 g/mol. The third-order valence-electron chi connectivity index (χ3n) is 7.96. The van der Waals surface area contributed by atoms with Crippen molar-refractivity contribution >= 4 is 33.5 Å². The number of nitrogens with one attached hydrogen (secondary N) is 1. The second-order valence-electron chi connectivity index (χ2n) is 10.9. The minimum atomic E-state index is -3.30. The molecule has 2 fully saturated rings. The van der Waals surface area contributed by atoms with Gasteiger partial charge in [0.1, 0.15) is 12.6 Å². The number of amides is 2. The van der Waals surface area contributed by atoms with Gasteiger partial charge < -0.3 is 15.0 Å². The molecule has 11 nitrogen and oxygen atoms in total. The fourth-order valence-corrected chi connectivity index (χ4v) is 6.35. The number of nitriles is 1. The highest BCUT2D eigenvalue weighted by Crippen LogP contribution is 2.27. The molecule has 3 aromatic rings. The van der Waals surface area contributed by atoms with E-state index in [-0.39, 0.29) is 24.5 Å². The van der Waals surface area contributed by atoms with Crippen LogP contribution in [-0.4, -0.2) is 91.4 Å². The lowest BCUT2D eigenvalue weighted by atomic mass is 10.1. The highest BCUT2D eigenvalue weighted by atomic mass is 32.2. The van der Waals surface area contributed by atoms with Crippen LogP contribution in [0.4, 0.5) is 5.69 Å². The fourth-order valence-electron chi connectivity index (χ4n) is 5.53. The second kappa shape index (κ2) is 13.4. The summed E-state index contributed by atoms with van der Waals surface area (Å²) in [7, 11) is -3.30. The zero-order valence-corrected chi connectivity index (χ0v) is 25.1. The predicted molar refractivity (Wildman–Crippen MR) is 163 cm³/mol. The molecule has 2 amide bonds. The molecule has 5 rings (SSSR count). The average Bonchev–Trinajstić information content (AvgIpc) is 3.50. The topological polar surface area (TPSA) is 140 Å². The van der Waals surface area contributed by atoms with Crippen molar-refractivity contribution in [3.63, 3.8) is 0 Å². The summed E-state index contributed by atoms with van der Waals surface area (Å²) in [5.74, 6) is -1.19. The van der Waals surface area contributed by atoms with Crippen molar-refractivity contribution in [2.75, 3.05) is 44.3 Å². The summed E-state index contributed by atoms with van der Waals surface area (Å²) < 4.78 is 30.8. The van der Waals surface area contributed by atoms with Gasteiger partial charge in [-0.25, -0.2) is 13.2 Å². The average molecular weight is 616 g/mol. The van der Waals surface area contributed by atoms with Crippen molar-refractivity contribution in [1.82, 2.24) is 14.1 Å². The molecule has 0 unspecified atom stereocenters. The summed E-state index contributed by atoms with van der Waals surface area (Å²) in [5, 5.41) is 12.0. The number of nitrogens with zero attached hydrogens (tertiary/aromatic N) is 4. The number of benzene rings is 3.